The zero-order valence-corrected chi connectivity index (χ0v) is 21.4. The molecule has 0 aliphatic rings. The summed E-state index contributed by atoms with van der Waals surface area (Å²) in [4.78, 5) is 27.9. The second-order valence-electron chi connectivity index (χ2n) is 8.19. The van der Waals surface area contributed by atoms with Crippen molar-refractivity contribution in [3.63, 3.8) is 0 Å². The Morgan fingerprint density at radius 1 is 0.865 bits per heavy atom. The number of hydrogen-bond acceptors (Lipinski definition) is 7. The van der Waals surface area contributed by atoms with E-state index in [9.17, 15) is 18.0 Å². The zero-order valence-electron chi connectivity index (χ0n) is 20.6. The van der Waals surface area contributed by atoms with Gasteiger partial charge in [0.15, 0.2) is 0 Å². The van der Waals surface area contributed by atoms with Crippen LogP contribution in [0.15, 0.2) is 82.5 Å². The lowest BCUT2D eigenvalue weighted by atomic mass is 10.1. The molecule has 0 aliphatic carbocycles. The van der Waals surface area contributed by atoms with Gasteiger partial charge in [-0.2, -0.15) is 4.31 Å². The van der Waals surface area contributed by atoms with Crippen molar-refractivity contribution in [1.82, 2.24) is 9.29 Å². The summed E-state index contributed by atoms with van der Waals surface area (Å²) in [6.07, 6.45) is 0. The number of hydrogen-bond donors (Lipinski definition) is 1. The number of sulfonamides is 1. The number of H-pyrrole nitrogens is 1. The normalized spacial score (nSPS) is 11.5. The number of fused-ring (bicyclic) bond motifs is 1. The van der Waals surface area contributed by atoms with Crippen molar-refractivity contribution in [2.24, 2.45) is 0 Å². The summed E-state index contributed by atoms with van der Waals surface area (Å²) < 4.78 is 44.3. The Balaban J connectivity index is 1.82. The maximum absolute atomic E-state index is 13.9. The molecule has 0 aliphatic heterocycles. The minimum atomic E-state index is -4.26. The average Bonchev–Trinajstić information content (AvgIpc) is 2.92. The summed E-state index contributed by atoms with van der Waals surface area (Å²) in [7, 11) is 0.00187. The van der Waals surface area contributed by atoms with Crippen molar-refractivity contribution in [3.05, 3.63) is 99.8 Å². The Hall–Kier alpha value is -4.15. The summed E-state index contributed by atoms with van der Waals surface area (Å²) in [6.45, 7) is -0.302. The van der Waals surface area contributed by atoms with Gasteiger partial charge >= 0.3 is 5.97 Å². The number of carbonyl (C=O) groups is 1. The zero-order chi connectivity index (χ0) is 26.6. The van der Waals surface area contributed by atoms with Crippen LogP contribution in [-0.2, 0) is 27.8 Å². The molecule has 0 radical (unpaired) electrons. The molecule has 0 fully saturated rings. The number of nitrogens with zero attached hydrogens (tertiary/aromatic N) is 1. The van der Waals surface area contributed by atoms with Gasteiger partial charge in [0.25, 0.3) is 5.56 Å². The van der Waals surface area contributed by atoms with Crippen molar-refractivity contribution < 1.29 is 27.4 Å². The first kappa shape index (κ1) is 25.9. The van der Waals surface area contributed by atoms with E-state index < -0.39 is 21.6 Å². The lowest BCUT2D eigenvalue weighted by molar-refractivity contribution is 0.0596. The van der Waals surface area contributed by atoms with Crippen LogP contribution < -0.4 is 15.0 Å². The molecule has 10 heteroatoms. The molecule has 1 heterocycles. The molecule has 0 amide bonds. The maximum atomic E-state index is 13.9. The van der Waals surface area contributed by atoms with E-state index in [-0.39, 0.29) is 29.1 Å². The Labute approximate surface area is 214 Å². The number of rotatable bonds is 9. The fourth-order valence-electron chi connectivity index (χ4n) is 3.93. The molecular weight excluding hydrogens is 496 g/mol. The van der Waals surface area contributed by atoms with Crippen molar-refractivity contribution in [1.29, 1.82) is 0 Å². The maximum Gasteiger partial charge on any atom is 0.339 e. The number of benzene rings is 3. The number of carbonyl (C=O) groups excluding carboxylic acids is 1. The molecule has 1 N–H and O–H groups in total. The van der Waals surface area contributed by atoms with E-state index in [2.05, 4.69) is 4.98 Å². The molecule has 3 aromatic carbocycles. The van der Waals surface area contributed by atoms with Gasteiger partial charge in [-0.05, 0) is 54.1 Å². The van der Waals surface area contributed by atoms with Gasteiger partial charge in [0.2, 0.25) is 10.0 Å². The van der Waals surface area contributed by atoms with E-state index >= 15 is 0 Å². The van der Waals surface area contributed by atoms with Gasteiger partial charge < -0.3 is 19.2 Å². The number of aromatic amines is 1. The van der Waals surface area contributed by atoms with Crippen LogP contribution in [0.25, 0.3) is 10.9 Å². The molecule has 0 unspecified atom stereocenters. The highest BCUT2D eigenvalue weighted by molar-refractivity contribution is 7.89. The standard InChI is InChI=1S/C27H26N2O7S/c1-34-21-10-8-18(9-11-21)16-29(37(32,33)25-7-5-4-6-23(25)27(31)36-3)17-20-14-19-15-22(35-2)12-13-24(19)28-26(20)30/h4-15H,16-17H2,1-3H3,(H,28,30). The summed E-state index contributed by atoms with van der Waals surface area (Å²) in [6, 6.07) is 19.6. The van der Waals surface area contributed by atoms with Crippen LogP contribution in [0.1, 0.15) is 21.5 Å². The molecular formula is C27H26N2O7S. The Kier molecular flexibility index (Phi) is 7.61. The van der Waals surface area contributed by atoms with Gasteiger partial charge in [-0.1, -0.05) is 24.3 Å². The molecule has 0 atom stereocenters. The fourth-order valence-corrected chi connectivity index (χ4v) is 5.52. The van der Waals surface area contributed by atoms with Crippen molar-refractivity contribution in [3.8, 4) is 11.5 Å². The monoisotopic (exact) mass is 522 g/mol. The second-order valence-corrected chi connectivity index (χ2v) is 10.1. The van der Waals surface area contributed by atoms with Crippen molar-refractivity contribution in [2.75, 3.05) is 21.3 Å². The summed E-state index contributed by atoms with van der Waals surface area (Å²) in [5, 5.41) is 0.686. The molecule has 0 saturated heterocycles. The number of pyridine rings is 1. The predicted octanol–water partition coefficient (Wildman–Crippen LogP) is 3.72. The van der Waals surface area contributed by atoms with Crippen LogP contribution in [0.2, 0.25) is 0 Å². The topological polar surface area (TPSA) is 115 Å². The first-order chi connectivity index (χ1) is 17.8. The predicted molar refractivity (Wildman–Crippen MR) is 138 cm³/mol. The fraction of sp³-hybridized carbons (Fsp3) is 0.185. The Morgan fingerprint density at radius 2 is 1.54 bits per heavy atom. The van der Waals surface area contributed by atoms with Gasteiger partial charge in [-0.3, -0.25) is 4.79 Å². The molecule has 37 heavy (non-hydrogen) atoms. The molecule has 4 rings (SSSR count). The van der Waals surface area contributed by atoms with Gasteiger partial charge in [-0.25, -0.2) is 13.2 Å². The number of methoxy groups -OCH3 is 3. The highest BCUT2D eigenvalue weighted by atomic mass is 32.2. The lowest BCUT2D eigenvalue weighted by Gasteiger charge is -2.23. The van der Waals surface area contributed by atoms with E-state index in [1.165, 1.54) is 39.5 Å². The SMILES string of the molecule is COC(=O)c1ccccc1S(=O)(=O)N(Cc1ccc(OC)cc1)Cc1cc2cc(OC)ccc2[nH]c1=O. The summed E-state index contributed by atoms with van der Waals surface area (Å²) in [5.74, 6) is 0.438. The van der Waals surface area contributed by atoms with Gasteiger partial charge in [0.05, 0.1) is 31.8 Å². The number of nitrogens with one attached hydrogen (secondary N) is 1. The minimum Gasteiger partial charge on any atom is -0.497 e. The summed E-state index contributed by atoms with van der Waals surface area (Å²) >= 11 is 0. The molecule has 4 aromatic rings. The van der Waals surface area contributed by atoms with Crippen LogP contribution in [0.4, 0.5) is 0 Å². The van der Waals surface area contributed by atoms with E-state index in [1.807, 2.05) is 0 Å². The van der Waals surface area contributed by atoms with Crippen molar-refractivity contribution >= 4 is 26.9 Å². The molecule has 9 nitrogen and oxygen atoms in total. The van der Waals surface area contributed by atoms with Gasteiger partial charge in [-0.15, -0.1) is 0 Å². The van der Waals surface area contributed by atoms with E-state index in [4.69, 9.17) is 14.2 Å². The van der Waals surface area contributed by atoms with Crippen LogP contribution in [0.3, 0.4) is 0 Å². The largest absolute Gasteiger partial charge is 0.497 e. The van der Waals surface area contributed by atoms with Crippen LogP contribution >= 0.6 is 0 Å². The number of ether oxygens (including phenoxy) is 3. The molecule has 1 aromatic heterocycles. The van der Waals surface area contributed by atoms with Gasteiger partial charge in [0, 0.05) is 29.6 Å². The lowest BCUT2D eigenvalue weighted by Crippen LogP contribution is -2.33. The van der Waals surface area contributed by atoms with E-state index in [1.54, 1.807) is 54.6 Å². The summed E-state index contributed by atoms with van der Waals surface area (Å²) in [5.41, 5.74) is 0.970. The Bertz CT molecular complexity index is 1600. The Morgan fingerprint density at radius 3 is 2.22 bits per heavy atom. The number of esters is 1. The van der Waals surface area contributed by atoms with Crippen LogP contribution in [0, 0.1) is 0 Å². The first-order valence-corrected chi connectivity index (χ1v) is 12.7. The molecule has 0 spiro atoms. The highest BCUT2D eigenvalue weighted by Crippen LogP contribution is 2.26. The highest BCUT2D eigenvalue weighted by Gasteiger charge is 2.30. The molecule has 192 valence electrons. The smallest absolute Gasteiger partial charge is 0.339 e. The third kappa shape index (κ3) is 5.50. The van der Waals surface area contributed by atoms with E-state index in [0.717, 1.165) is 4.31 Å². The van der Waals surface area contributed by atoms with Crippen LogP contribution in [-0.4, -0.2) is 45.0 Å². The minimum absolute atomic E-state index is 0.0581. The third-order valence-electron chi connectivity index (χ3n) is 5.90. The van der Waals surface area contributed by atoms with Gasteiger partial charge in [0.1, 0.15) is 11.5 Å². The van der Waals surface area contributed by atoms with E-state index in [0.29, 0.717) is 28.0 Å². The second kappa shape index (κ2) is 10.9. The van der Waals surface area contributed by atoms with Crippen molar-refractivity contribution in [2.45, 2.75) is 18.0 Å². The molecule has 0 saturated carbocycles. The third-order valence-corrected chi connectivity index (χ3v) is 7.75. The number of aromatic nitrogens is 1. The average molecular weight is 523 g/mol. The molecule has 0 bridgehead atoms. The first-order valence-electron chi connectivity index (χ1n) is 11.3. The quantitative estimate of drug-likeness (QED) is 0.333. The van der Waals surface area contributed by atoms with Crippen LogP contribution in [0.5, 0.6) is 11.5 Å².